The van der Waals surface area contributed by atoms with Crippen molar-refractivity contribution in [3.63, 3.8) is 0 Å². The second-order valence-electron chi connectivity index (χ2n) is 2.61. The van der Waals surface area contributed by atoms with E-state index in [1.54, 1.807) is 0 Å². The van der Waals surface area contributed by atoms with Crippen LogP contribution in [-0.4, -0.2) is 16.9 Å². The molecular weight excluding hydrogens is 202 g/mol. The highest BCUT2D eigenvalue weighted by molar-refractivity contribution is 5.96. The van der Waals surface area contributed by atoms with Crippen LogP contribution in [0.3, 0.4) is 0 Å². The number of carbonyl (C=O) groups excluding carboxylic acids is 1. The van der Waals surface area contributed by atoms with Crippen LogP contribution in [-0.2, 0) is 0 Å². The molecule has 0 saturated heterocycles. The molecule has 0 fully saturated rings. The predicted molar refractivity (Wildman–Crippen MR) is 39.2 cm³/mol. The van der Waals surface area contributed by atoms with E-state index in [1.165, 1.54) is 0 Å². The van der Waals surface area contributed by atoms with Gasteiger partial charge in [-0.15, -0.1) is 0 Å². The minimum Gasteiger partial charge on any atom is -0.294 e. The molecule has 0 N–H and O–H groups in total. The number of rotatable bonds is 2. The molecule has 0 unspecified atom stereocenters. The number of halogens is 4. The van der Waals surface area contributed by atoms with Gasteiger partial charge in [0.2, 0.25) is 0 Å². The summed E-state index contributed by atoms with van der Waals surface area (Å²) in [5, 5.41) is 0. The Kier molecular flexibility index (Phi) is 2.83. The summed E-state index contributed by atoms with van der Waals surface area (Å²) in [6.07, 6.45) is -4.47. The maximum Gasteiger partial charge on any atom is 0.396 e. The summed E-state index contributed by atoms with van der Waals surface area (Å²) < 4.78 is 47.7. The molecule has 0 amide bonds. The van der Waals surface area contributed by atoms with Gasteiger partial charge in [-0.1, -0.05) is 0 Å². The van der Waals surface area contributed by atoms with Crippen LogP contribution in [0.1, 0.15) is 16.8 Å². The second kappa shape index (κ2) is 3.73. The first kappa shape index (κ1) is 10.6. The average molecular weight is 207 g/mol. The van der Waals surface area contributed by atoms with E-state index < -0.39 is 24.2 Å². The molecule has 0 aliphatic carbocycles. The Morgan fingerprint density at radius 2 is 2.00 bits per heavy atom. The van der Waals surface area contributed by atoms with Crippen LogP contribution < -0.4 is 0 Å². The fourth-order valence-corrected chi connectivity index (χ4v) is 0.848. The van der Waals surface area contributed by atoms with Crippen LogP contribution in [0.25, 0.3) is 0 Å². The lowest BCUT2D eigenvalue weighted by molar-refractivity contribution is -0.125. The van der Waals surface area contributed by atoms with Crippen LogP contribution in [0.2, 0.25) is 0 Å². The smallest absolute Gasteiger partial charge is 0.294 e. The van der Waals surface area contributed by atoms with Crippen LogP contribution in [0.4, 0.5) is 17.6 Å². The number of hydrogen-bond acceptors (Lipinski definition) is 2. The first-order valence-corrected chi connectivity index (χ1v) is 3.59. The van der Waals surface area contributed by atoms with E-state index in [-0.39, 0.29) is 5.56 Å². The molecule has 0 saturated carbocycles. The number of carbonyl (C=O) groups is 1. The monoisotopic (exact) mass is 207 g/mol. The van der Waals surface area contributed by atoms with Gasteiger partial charge in [0.15, 0.2) is 5.78 Å². The Bertz CT molecular complexity index is 347. The molecule has 0 radical (unpaired) electrons. The number of ketones is 1. The van der Waals surface area contributed by atoms with E-state index in [2.05, 4.69) is 4.98 Å². The Morgan fingerprint density at radius 3 is 2.50 bits per heavy atom. The van der Waals surface area contributed by atoms with Crippen molar-refractivity contribution in [3.05, 3.63) is 29.8 Å². The molecule has 1 aromatic heterocycles. The third-order valence-electron chi connectivity index (χ3n) is 1.39. The van der Waals surface area contributed by atoms with Gasteiger partial charge >= 0.3 is 6.18 Å². The van der Waals surface area contributed by atoms with Gasteiger partial charge in [0.05, 0.1) is 6.20 Å². The van der Waals surface area contributed by atoms with E-state index in [0.717, 1.165) is 18.5 Å². The Labute approximate surface area is 76.6 Å². The number of aromatic nitrogens is 1. The van der Waals surface area contributed by atoms with E-state index >= 15 is 0 Å². The third kappa shape index (κ3) is 3.12. The summed E-state index contributed by atoms with van der Waals surface area (Å²) in [4.78, 5) is 14.2. The van der Waals surface area contributed by atoms with Crippen molar-refractivity contribution in [1.29, 1.82) is 0 Å². The van der Waals surface area contributed by atoms with Crippen molar-refractivity contribution in [2.24, 2.45) is 0 Å². The molecule has 2 nitrogen and oxygen atoms in total. The van der Waals surface area contributed by atoms with E-state index in [1.807, 2.05) is 0 Å². The van der Waals surface area contributed by atoms with Gasteiger partial charge in [-0.05, 0) is 6.07 Å². The molecule has 1 rings (SSSR count). The quantitative estimate of drug-likeness (QED) is 0.550. The molecule has 0 aromatic carbocycles. The minimum atomic E-state index is -4.58. The van der Waals surface area contributed by atoms with Crippen molar-refractivity contribution in [2.45, 2.75) is 12.6 Å². The highest BCUT2D eigenvalue weighted by Crippen LogP contribution is 2.21. The first-order valence-electron chi connectivity index (χ1n) is 3.59. The lowest BCUT2D eigenvalue weighted by atomic mass is 10.1. The molecule has 14 heavy (non-hydrogen) atoms. The zero-order valence-electron chi connectivity index (χ0n) is 6.81. The molecule has 0 bridgehead atoms. The number of nitrogens with zero attached hydrogens (tertiary/aromatic N) is 1. The van der Waals surface area contributed by atoms with Crippen LogP contribution >= 0.6 is 0 Å². The van der Waals surface area contributed by atoms with Gasteiger partial charge in [-0.2, -0.15) is 13.2 Å². The molecule has 0 aliphatic heterocycles. The van der Waals surface area contributed by atoms with Crippen molar-refractivity contribution >= 4 is 5.78 Å². The lowest BCUT2D eigenvalue weighted by Crippen LogP contribution is -2.15. The molecule has 1 heterocycles. The van der Waals surface area contributed by atoms with Crippen molar-refractivity contribution in [3.8, 4) is 0 Å². The van der Waals surface area contributed by atoms with Gasteiger partial charge in [0, 0.05) is 11.8 Å². The van der Waals surface area contributed by atoms with Crippen LogP contribution in [0.5, 0.6) is 0 Å². The number of Topliss-reactive ketones (excluding diaryl/α,β-unsaturated/α-hetero) is 1. The lowest BCUT2D eigenvalue weighted by Gasteiger charge is -2.04. The van der Waals surface area contributed by atoms with Gasteiger partial charge in [0.1, 0.15) is 12.2 Å². The molecule has 0 spiro atoms. The molecular formula is C8H5F4NO. The maximum atomic E-state index is 12.5. The summed E-state index contributed by atoms with van der Waals surface area (Å²) in [6.45, 7) is 0. The highest BCUT2D eigenvalue weighted by atomic mass is 19.4. The summed E-state index contributed by atoms with van der Waals surface area (Å²) in [5.74, 6) is -2.03. The summed E-state index contributed by atoms with van der Waals surface area (Å²) >= 11 is 0. The van der Waals surface area contributed by atoms with Crippen LogP contribution in [0, 0.1) is 5.82 Å². The van der Waals surface area contributed by atoms with Crippen molar-refractivity contribution < 1.29 is 22.4 Å². The van der Waals surface area contributed by atoms with Gasteiger partial charge in [-0.3, -0.25) is 9.78 Å². The Hall–Kier alpha value is -1.46. The summed E-state index contributed by atoms with van der Waals surface area (Å²) in [7, 11) is 0. The first-order chi connectivity index (χ1) is 6.38. The van der Waals surface area contributed by atoms with E-state index in [0.29, 0.717) is 0 Å². The largest absolute Gasteiger partial charge is 0.396 e. The topological polar surface area (TPSA) is 30.0 Å². The van der Waals surface area contributed by atoms with Gasteiger partial charge < -0.3 is 0 Å². The Balaban J connectivity index is 2.80. The molecule has 6 heteroatoms. The predicted octanol–water partition coefficient (Wildman–Crippen LogP) is 2.36. The van der Waals surface area contributed by atoms with Crippen molar-refractivity contribution in [2.75, 3.05) is 0 Å². The maximum absolute atomic E-state index is 12.5. The zero-order chi connectivity index (χ0) is 10.8. The molecule has 0 aliphatic rings. The highest BCUT2D eigenvalue weighted by Gasteiger charge is 2.31. The second-order valence-corrected chi connectivity index (χ2v) is 2.61. The SMILES string of the molecule is O=C(CC(F)(F)F)c1cncc(F)c1. The van der Waals surface area contributed by atoms with E-state index in [4.69, 9.17) is 0 Å². The number of alkyl halides is 3. The van der Waals surface area contributed by atoms with E-state index in [9.17, 15) is 22.4 Å². The number of hydrogen-bond donors (Lipinski definition) is 0. The normalized spacial score (nSPS) is 11.4. The fraction of sp³-hybridized carbons (Fsp3) is 0.250. The van der Waals surface area contributed by atoms with Gasteiger partial charge in [-0.25, -0.2) is 4.39 Å². The van der Waals surface area contributed by atoms with Crippen molar-refractivity contribution in [1.82, 2.24) is 4.98 Å². The fourth-order valence-electron chi connectivity index (χ4n) is 0.848. The summed E-state index contributed by atoms with van der Waals surface area (Å²) in [6, 6.07) is 0.723. The molecule has 1 aromatic rings. The average Bonchev–Trinajstić information content (AvgIpc) is 2.01. The third-order valence-corrected chi connectivity index (χ3v) is 1.39. The minimum absolute atomic E-state index is 0.373. The zero-order valence-corrected chi connectivity index (χ0v) is 6.81. The van der Waals surface area contributed by atoms with Crippen LogP contribution in [0.15, 0.2) is 18.5 Å². The Morgan fingerprint density at radius 1 is 1.36 bits per heavy atom. The molecule has 76 valence electrons. The standard InChI is InChI=1S/C8H5F4NO/c9-6-1-5(3-13-4-6)7(14)2-8(10,11)12/h1,3-4H,2H2. The number of pyridine rings is 1. The molecule has 0 atom stereocenters. The summed E-state index contributed by atoms with van der Waals surface area (Å²) in [5.41, 5.74) is -0.373. The van der Waals surface area contributed by atoms with Gasteiger partial charge in [0.25, 0.3) is 0 Å².